The lowest BCUT2D eigenvalue weighted by Gasteiger charge is -2.18. The first-order valence-electron chi connectivity index (χ1n) is 12.3. The van der Waals surface area contributed by atoms with Crippen molar-refractivity contribution in [1.82, 2.24) is 0 Å². The highest BCUT2D eigenvalue weighted by Crippen LogP contribution is 2.53. The van der Waals surface area contributed by atoms with E-state index in [1.807, 2.05) is 18.8 Å². The third-order valence-electron chi connectivity index (χ3n) is 7.95. The van der Waals surface area contributed by atoms with Gasteiger partial charge in [-0.2, -0.15) is 0 Å². The molecule has 5 heteroatoms. The number of aryl methyl sites for hydroxylation is 1. The molecule has 0 N–H and O–H groups in total. The fourth-order valence-corrected chi connectivity index (χ4v) is 8.39. The van der Waals surface area contributed by atoms with E-state index in [0.29, 0.717) is 0 Å². The molecular formula is C32H18O3S2. The Morgan fingerprint density at radius 2 is 1.05 bits per heavy atom. The maximum absolute atomic E-state index is 6.32. The van der Waals surface area contributed by atoms with Crippen LogP contribution in [0.4, 0.5) is 0 Å². The fraction of sp³-hybridized carbons (Fsp3) is 0.0625. The van der Waals surface area contributed by atoms with Crippen molar-refractivity contribution >= 4 is 114 Å². The number of hydrogen-bond donors (Lipinski definition) is 0. The SMILES string of the molecule is C/C=C\c1c(C)c2ccoc2c2c1c1c3occc3c3sccc3c1c1c3occc3c3sccc3c21. The molecule has 0 fully saturated rings. The van der Waals surface area contributed by atoms with E-state index in [4.69, 9.17) is 13.3 Å². The maximum Gasteiger partial charge on any atom is 0.143 e. The number of rotatable bonds is 1. The van der Waals surface area contributed by atoms with Gasteiger partial charge in [-0.3, -0.25) is 0 Å². The zero-order chi connectivity index (χ0) is 24.4. The summed E-state index contributed by atoms with van der Waals surface area (Å²) in [5.74, 6) is 0. The van der Waals surface area contributed by atoms with Crippen molar-refractivity contribution in [2.75, 3.05) is 0 Å². The van der Waals surface area contributed by atoms with Crippen LogP contribution in [0.5, 0.6) is 0 Å². The van der Waals surface area contributed by atoms with Gasteiger partial charge in [0, 0.05) is 68.6 Å². The second kappa shape index (κ2) is 6.82. The smallest absolute Gasteiger partial charge is 0.143 e. The number of furan rings is 3. The zero-order valence-corrected chi connectivity index (χ0v) is 21.6. The molecule has 0 radical (unpaired) electrons. The molecule has 0 aliphatic heterocycles. The van der Waals surface area contributed by atoms with E-state index >= 15 is 0 Å². The summed E-state index contributed by atoms with van der Waals surface area (Å²) in [4.78, 5) is 0. The van der Waals surface area contributed by atoms with Crippen LogP contribution >= 0.6 is 22.7 Å². The molecule has 9 rings (SSSR count). The van der Waals surface area contributed by atoms with E-state index < -0.39 is 0 Å². The fourth-order valence-electron chi connectivity index (χ4n) is 6.54. The van der Waals surface area contributed by atoms with Gasteiger partial charge in [0.15, 0.2) is 0 Å². The molecule has 0 aliphatic rings. The van der Waals surface area contributed by atoms with Gasteiger partial charge in [0.05, 0.1) is 18.8 Å². The summed E-state index contributed by atoms with van der Waals surface area (Å²) < 4.78 is 21.4. The Kier molecular flexibility index (Phi) is 3.70. The van der Waals surface area contributed by atoms with Crippen molar-refractivity contribution in [3.8, 4) is 0 Å². The first kappa shape index (κ1) is 20.0. The number of thiophene rings is 2. The van der Waals surface area contributed by atoms with Crippen LogP contribution in [-0.4, -0.2) is 0 Å². The Morgan fingerprint density at radius 1 is 0.568 bits per heavy atom. The lowest BCUT2D eigenvalue weighted by Crippen LogP contribution is -1.93. The molecule has 0 spiro atoms. The van der Waals surface area contributed by atoms with Crippen LogP contribution in [0.2, 0.25) is 0 Å². The van der Waals surface area contributed by atoms with Crippen LogP contribution in [0.25, 0.3) is 91.5 Å². The van der Waals surface area contributed by atoms with E-state index in [0.717, 1.165) is 49.1 Å². The second-order valence-electron chi connectivity index (χ2n) is 9.61. The van der Waals surface area contributed by atoms with Crippen LogP contribution in [0, 0.1) is 6.92 Å². The van der Waals surface area contributed by atoms with Crippen molar-refractivity contribution in [2.24, 2.45) is 0 Å². The van der Waals surface area contributed by atoms with Crippen molar-refractivity contribution in [1.29, 1.82) is 0 Å². The number of allylic oxidation sites excluding steroid dienone is 1. The molecule has 0 saturated carbocycles. The summed E-state index contributed by atoms with van der Waals surface area (Å²) in [5, 5.41) is 17.2. The molecule has 0 aliphatic carbocycles. The first-order valence-corrected chi connectivity index (χ1v) is 14.0. The van der Waals surface area contributed by atoms with Crippen LogP contribution in [0.1, 0.15) is 18.1 Å². The highest BCUT2D eigenvalue weighted by Gasteiger charge is 2.27. The Bertz CT molecular complexity index is 2370. The highest BCUT2D eigenvalue weighted by atomic mass is 32.1. The van der Waals surface area contributed by atoms with Gasteiger partial charge in [-0.1, -0.05) is 12.2 Å². The summed E-state index contributed by atoms with van der Waals surface area (Å²) in [6, 6.07) is 10.8. The summed E-state index contributed by atoms with van der Waals surface area (Å²) in [5.41, 5.74) is 5.16. The minimum Gasteiger partial charge on any atom is -0.464 e. The van der Waals surface area contributed by atoms with Gasteiger partial charge < -0.3 is 13.3 Å². The molecule has 4 aromatic carbocycles. The van der Waals surface area contributed by atoms with Crippen molar-refractivity contribution < 1.29 is 13.3 Å². The van der Waals surface area contributed by atoms with Crippen molar-refractivity contribution in [3.05, 3.63) is 77.1 Å². The maximum atomic E-state index is 6.32. The van der Waals surface area contributed by atoms with Crippen LogP contribution in [0.3, 0.4) is 0 Å². The largest absolute Gasteiger partial charge is 0.464 e. The molecular weight excluding hydrogens is 496 g/mol. The molecule has 0 amide bonds. The second-order valence-corrected chi connectivity index (χ2v) is 11.4. The van der Waals surface area contributed by atoms with Gasteiger partial charge in [0.2, 0.25) is 0 Å². The Hall–Kier alpha value is -4.06. The van der Waals surface area contributed by atoms with Gasteiger partial charge >= 0.3 is 0 Å². The lowest BCUT2D eigenvalue weighted by molar-refractivity contribution is 0.619. The van der Waals surface area contributed by atoms with Gasteiger partial charge in [-0.15, -0.1) is 22.7 Å². The first-order chi connectivity index (χ1) is 18.3. The Labute approximate surface area is 217 Å². The van der Waals surface area contributed by atoms with Gasteiger partial charge in [-0.25, -0.2) is 0 Å². The van der Waals surface area contributed by atoms with E-state index in [1.165, 1.54) is 47.5 Å². The van der Waals surface area contributed by atoms with Crippen LogP contribution in [-0.2, 0) is 0 Å². The van der Waals surface area contributed by atoms with Crippen LogP contribution < -0.4 is 0 Å². The molecule has 5 aromatic heterocycles. The average Bonchev–Trinajstić information content (AvgIpc) is 3.72. The predicted molar refractivity (Wildman–Crippen MR) is 158 cm³/mol. The van der Waals surface area contributed by atoms with Gasteiger partial charge in [-0.05, 0) is 66.1 Å². The predicted octanol–water partition coefficient (Wildman–Crippen LogP) is 11.2. The minimum absolute atomic E-state index is 0.913. The third kappa shape index (κ3) is 2.24. The van der Waals surface area contributed by atoms with E-state index in [-0.39, 0.29) is 0 Å². The van der Waals surface area contributed by atoms with E-state index in [9.17, 15) is 0 Å². The Morgan fingerprint density at radius 3 is 1.59 bits per heavy atom. The molecule has 176 valence electrons. The molecule has 3 nitrogen and oxygen atoms in total. The molecule has 37 heavy (non-hydrogen) atoms. The molecule has 0 atom stereocenters. The molecule has 0 saturated heterocycles. The third-order valence-corrected chi connectivity index (χ3v) is 9.84. The van der Waals surface area contributed by atoms with Crippen molar-refractivity contribution in [3.63, 3.8) is 0 Å². The Balaban J connectivity index is 1.84. The summed E-state index contributed by atoms with van der Waals surface area (Å²) in [6.07, 6.45) is 9.81. The number of fused-ring (bicyclic) bond motifs is 18. The minimum atomic E-state index is 0.913. The number of benzene rings is 4. The van der Waals surface area contributed by atoms with E-state index in [1.54, 1.807) is 22.7 Å². The summed E-state index contributed by atoms with van der Waals surface area (Å²) >= 11 is 3.53. The average molecular weight is 515 g/mol. The van der Waals surface area contributed by atoms with Crippen LogP contribution in [0.15, 0.2) is 79.2 Å². The van der Waals surface area contributed by atoms with Gasteiger partial charge in [0.1, 0.15) is 16.7 Å². The monoisotopic (exact) mass is 514 g/mol. The summed E-state index contributed by atoms with van der Waals surface area (Å²) in [6.45, 7) is 4.28. The molecule has 5 heterocycles. The standard InChI is InChI=1S/C32H18O3S2/c1-3-4-16-15(2)17-5-10-33-28(17)25-22(16)26-24(19-9-14-37-32(19)20-6-11-34-29(20)26)27-23(25)18-8-13-36-31(18)21-7-12-35-30(21)27/h3-14H,1-2H3/b4-3-. The number of hydrogen-bond acceptors (Lipinski definition) is 5. The molecule has 0 bridgehead atoms. The summed E-state index contributed by atoms with van der Waals surface area (Å²) in [7, 11) is 0. The lowest BCUT2D eigenvalue weighted by atomic mass is 9.85. The topological polar surface area (TPSA) is 39.4 Å². The van der Waals surface area contributed by atoms with E-state index in [2.05, 4.69) is 67.1 Å². The zero-order valence-electron chi connectivity index (χ0n) is 20.0. The molecule has 0 unspecified atom stereocenters. The normalized spacial score (nSPS) is 13.0. The van der Waals surface area contributed by atoms with Gasteiger partial charge in [0.25, 0.3) is 0 Å². The quantitative estimate of drug-likeness (QED) is 0.205. The van der Waals surface area contributed by atoms with Crippen molar-refractivity contribution in [2.45, 2.75) is 13.8 Å². The molecule has 9 aromatic rings. The highest BCUT2D eigenvalue weighted by molar-refractivity contribution is 7.19.